The SMILES string of the molecule is CCOC(=O)[C@H]1/C(=C/c2ccccc2)C(=O)[C@@H]2CCC[C@@H]21. The molecular weight excluding hydrogens is 264 g/mol. The quantitative estimate of drug-likeness (QED) is 0.632. The van der Waals surface area contributed by atoms with E-state index in [4.69, 9.17) is 4.74 Å². The van der Waals surface area contributed by atoms with Gasteiger partial charge in [-0.2, -0.15) is 0 Å². The third-order valence-corrected chi connectivity index (χ3v) is 4.62. The molecule has 21 heavy (non-hydrogen) atoms. The van der Waals surface area contributed by atoms with E-state index in [0.29, 0.717) is 12.2 Å². The topological polar surface area (TPSA) is 43.4 Å². The molecule has 0 aromatic heterocycles. The second kappa shape index (κ2) is 5.84. The third kappa shape index (κ3) is 2.53. The molecule has 3 heteroatoms. The van der Waals surface area contributed by atoms with E-state index in [1.165, 1.54) is 0 Å². The Hall–Kier alpha value is -1.90. The zero-order chi connectivity index (χ0) is 14.8. The van der Waals surface area contributed by atoms with Crippen LogP contribution in [0.4, 0.5) is 0 Å². The van der Waals surface area contributed by atoms with Crippen molar-refractivity contribution in [1.29, 1.82) is 0 Å². The van der Waals surface area contributed by atoms with Crippen LogP contribution >= 0.6 is 0 Å². The van der Waals surface area contributed by atoms with Crippen molar-refractivity contribution in [2.75, 3.05) is 6.61 Å². The van der Waals surface area contributed by atoms with Gasteiger partial charge in [0, 0.05) is 11.5 Å². The van der Waals surface area contributed by atoms with Crippen LogP contribution < -0.4 is 0 Å². The Balaban J connectivity index is 1.98. The van der Waals surface area contributed by atoms with Crippen LogP contribution in [0.15, 0.2) is 35.9 Å². The number of carbonyl (C=O) groups is 2. The van der Waals surface area contributed by atoms with Crippen molar-refractivity contribution in [2.45, 2.75) is 26.2 Å². The van der Waals surface area contributed by atoms with Gasteiger partial charge in [0.15, 0.2) is 5.78 Å². The van der Waals surface area contributed by atoms with Crippen LogP contribution in [0, 0.1) is 17.8 Å². The summed E-state index contributed by atoms with van der Waals surface area (Å²) in [5.74, 6) is -0.284. The van der Waals surface area contributed by atoms with Gasteiger partial charge in [-0.1, -0.05) is 36.8 Å². The highest BCUT2D eigenvalue weighted by molar-refractivity contribution is 6.09. The molecule has 2 fully saturated rings. The molecule has 0 spiro atoms. The fraction of sp³-hybridized carbons (Fsp3) is 0.444. The van der Waals surface area contributed by atoms with Gasteiger partial charge in [-0.05, 0) is 37.3 Å². The zero-order valence-corrected chi connectivity index (χ0v) is 12.2. The molecule has 3 rings (SSSR count). The summed E-state index contributed by atoms with van der Waals surface area (Å²) >= 11 is 0. The minimum Gasteiger partial charge on any atom is -0.466 e. The molecule has 2 saturated carbocycles. The van der Waals surface area contributed by atoms with Crippen molar-refractivity contribution >= 4 is 17.8 Å². The van der Waals surface area contributed by atoms with Crippen molar-refractivity contribution in [3.8, 4) is 0 Å². The highest BCUT2D eigenvalue weighted by Crippen LogP contribution is 2.49. The van der Waals surface area contributed by atoms with Gasteiger partial charge < -0.3 is 4.74 Å². The second-order valence-corrected chi connectivity index (χ2v) is 5.81. The lowest BCUT2D eigenvalue weighted by molar-refractivity contribution is -0.148. The van der Waals surface area contributed by atoms with Crippen molar-refractivity contribution in [3.63, 3.8) is 0 Å². The van der Waals surface area contributed by atoms with Crippen LogP contribution in [-0.2, 0) is 14.3 Å². The van der Waals surface area contributed by atoms with Crippen LogP contribution in [0.2, 0.25) is 0 Å². The van der Waals surface area contributed by atoms with Gasteiger partial charge in [-0.15, -0.1) is 0 Å². The van der Waals surface area contributed by atoms with E-state index in [1.807, 2.05) is 36.4 Å². The molecule has 0 radical (unpaired) electrons. The summed E-state index contributed by atoms with van der Waals surface area (Å²) < 4.78 is 5.22. The van der Waals surface area contributed by atoms with Crippen LogP contribution in [-0.4, -0.2) is 18.4 Å². The van der Waals surface area contributed by atoms with Gasteiger partial charge in [0.1, 0.15) is 0 Å². The fourth-order valence-corrected chi connectivity index (χ4v) is 3.73. The average Bonchev–Trinajstić information content (AvgIpc) is 3.04. The standard InChI is InChI=1S/C18H20O3/c1-2-21-18(20)16-13-9-6-10-14(13)17(19)15(16)11-12-7-4-3-5-8-12/h3-5,7-8,11,13-14,16H,2,6,9-10H2,1H3/b15-11-/t13-,14+,16+/m0/s1. The monoisotopic (exact) mass is 284 g/mol. The Bertz CT molecular complexity index is 573. The van der Waals surface area contributed by atoms with Gasteiger partial charge in [-0.25, -0.2) is 0 Å². The number of rotatable bonds is 3. The maximum Gasteiger partial charge on any atom is 0.313 e. The molecule has 0 amide bonds. The normalized spacial score (nSPS) is 29.7. The molecule has 0 unspecified atom stereocenters. The van der Waals surface area contributed by atoms with Crippen molar-refractivity contribution in [2.24, 2.45) is 17.8 Å². The van der Waals surface area contributed by atoms with Crippen LogP contribution in [0.3, 0.4) is 0 Å². The lowest BCUT2D eigenvalue weighted by Gasteiger charge is -2.16. The van der Waals surface area contributed by atoms with Crippen molar-refractivity contribution < 1.29 is 14.3 Å². The third-order valence-electron chi connectivity index (χ3n) is 4.62. The maximum atomic E-state index is 12.6. The molecule has 0 bridgehead atoms. The lowest BCUT2D eigenvalue weighted by atomic mass is 9.90. The Kier molecular flexibility index (Phi) is 3.91. The van der Waals surface area contributed by atoms with E-state index in [-0.39, 0.29) is 29.5 Å². The van der Waals surface area contributed by atoms with Crippen LogP contribution in [0.1, 0.15) is 31.7 Å². The van der Waals surface area contributed by atoms with E-state index in [0.717, 1.165) is 24.8 Å². The highest BCUT2D eigenvalue weighted by Gasteiger charge is 2.51. The van der Waals surface area contributed by atoms with E-state index in [2.05, 4.69) is 0 Å². The number of esters is 1. The number of ketones is 1. The number of ether oxygens (including phenoxy) is 1. The van der Waals surface area contributed by atoms with Crippen molar-refractivity contribution in [1.82, 2.24) is 0 Å². The molecule has 0 heterocycles. The molecule has 1 aromatic carbocycles. The summed E-state index contributed by atoms with van der Waals surface area (Å²) in [5, 5.41) is 0. The number of fused-ring (bicyclic) bond motifs is 1. The van der Waals surface area contributed by atoms with Crippen LogP contribution in [0.5, 0.6) is 0 Å². The van der Waals surface area contributed by atoms with Gasteiger partial charge in [0.25, 0.3) is 0 Å². The molecule has 3 nitrogen and oxygen atoms in total. The minimum absolute atomic E-state index is 0.0226. The van der Waals surface area contributed by atoms with Gasteiger partial charge in [-0.3, -0.25) is 9.59 Å². The Morgan fingerprint density at radius 3 is 2.76 bits per heavy atom. The number of carbonyl (C=O) groups excluding carboxylic acids is 2. The Morgan fingerprint density at radius 1 is 1.29 bits per heavy atom. The van der Waals surface area contributed by atoms with E-state index < -0.39 is 0 Å². The first-order valence-corrected chi connectivity index (χ1v) is 7.70. The molecule has 2 aliphatic rings. The second-order valence-electron chi connectivity index (χ2n) is 5.81. The molecule has 2 aliphatic carbocycles. The minimum atomic E-state index is -0.370. The first kappa shape index (κ1) is 14.1. The van der Waals surface area contributed by atoms with E-state index in [1.54, 1.807) is 6.92 Å². The summed E-state index contributed by atoms with van der Waals surface area (Å²) in [7, 11) is 0. The Morgan fingerprint density at radius 2 is 2.05 bits per heavy atom. The number of benzene rings is 1. The van der Waals surface area contributed by atoms with Crippen LogP contribution in [0.25, 0.3) is 6.08 Å². The molecular formula is C18H20O3. The van der Waals surface area contributed by atoms with E-state index >= 15 is 0 Å². The molecule has 3 atom stereocenters. The average molecular weight is 284 g/mol. The molecule has 1 aromatic rings. The molecule has 0 saturated heterocycles. The summed E-state index contributed by atoms with van der Waals surface area (Å²) in [6, 6.07) is 9.72. The summed E-state index contributed by atoms with van der Waals surface area (Å²) in [6.07, 6.45) is 4.77. The molecule has 0 N–H and O–H groups in total. The lowest BCUT2D eigenvalue weighted by Crippen LogP contribution is -2.23. The molecule has 0 aliphatic heterocycles. The Labute approximate surface area is 125 Å². The number of Topliss-reactive ketones (excluding diaryl/α,β-unsaturated/α-hetero) is 1. The first-order chi connectivity index (χ1) is 10.2. The largest absolute Gasteiger partial charge is 0.466 e. The smallest absolute Gasteiger partial charge is 0.313 e. The van der Waals surface area contributed by atoms with Gasteiger partial charge in [0.05, 0.1) is 12.5 Å². The first-order valence-electron chi connectivity index (χ1n) is 7.70. The van der Waals surface area contributed by atoms with Gasteiger partial charge in [0.2, 0.25) is 0 Å². The van der Waals surface area contributed by atoms with Crippen molar-refractivity contribution in [3.05, 3.63) is 41.5 Å². The highest BCUT2D eigenvalue weighted by atomic mass is 16.5. The summed E-state index contributed by atoms with van der Waals surface area (Å²) in [6.45, 7) is 2.17. The fourth-order valence-electron chi connectivity index (χ4n) is 3.73. The predicted molar refractivity (Wildman–Crippen MR) is 80.4 cm³/mol. The molecule has 110 valence electrons. The van der Waals surface area contributed by atoms with Gasteiger partial charge >= 0.3 is 5.97 Å². The summed E-state index contributed by atoms with van der Waals surface area (Å²) in [4.78, 5) is 25.0. The number of hydrogen-bond acceptors (Lipinski definition) is 3. The zero-order valence-electron chi connectivity index (χ0n) is 12.2. The summed E-state index contributed by atoms with van der Waals surface area (Å²) in [5.41, 5.74) is 1.62. The number of hydrogen-bond donors (Lipinski definition) is 0. The maximum absolute atomic E-state index is 12.6. The van der Waals surface area contributed by atoms with E-state index in [9.17, 15) is 9.59 Å². The predicted octanol–water partition coefficient (Wildman–Crippen LogP) is 3.25.